The predicted octanol–water partition coefficient (Wildman–Crippen LogP) is 1.58. The second-order valence-corrected chi connectivity index (χ2v) is 7.38. The molecule has 2 N–H and O–H groups in total. The topological polar surface area (TPSA) is 70.7 Å². The molecular formula is C21H31N3O3. The number of rotatable bonds is 6. The van der Waals surface area contributed by atoms with Crippen molar-refractivity contribution in [2.75, 3.05) is 39.4 Å². The van der Waals surface area contributed by atoms with E-state index in [9.17, 15) is 9.59 Å². The highest BCUT2D eigenvalue weighted by Gasteiger charge is 2.20. The first-order valence-electron chi connectivity index (χ1n) is 10.2. The van der Waals surface area contributed by atoms with E-state index in [1.54, 1.807) is 0 Å². The smallest absolute Gasteiger partial charge is 0.309 e. The lowest BCUT2D eigenvalue weighted by Crippen LogP contribution is -2.45. The average Bonchev–Trinajstić information content (AvgIpc) is 2.72. The normalized spacial score (nSPS) is 18.4. The summed E-state index contributed by atoms with van der Waals surface area (Å²) in [5.41, 5.74) is 3.90. The molecule has 1 aliphatic heterocycles. The van der Waals surface area contributed by atoms with Gasteiger partial charge in [-0.2, -0.15) is 0 Å². The molecule has 0 aromatic heterocycles. The van der Waals surface area contributed by atoms with E-state index >= 15 is 0 Å². The van der Waals surface area contributed by atoms with Crippen molar-refractivity contribution in [1.29, 1.82) is 0 Å². The van der Waals surface area contributed by atoms with Gasteiger partial charge < -0.3 is 15.4 Å². The standard InChI is InChI=1S/C21H31N3O3/c1-2-19(18-8-7-16-5-3-4-6-17(16)15-18)23-21(26)20(25)22-9-10-24-11-13-27-14-12-24/h7-8,15,19H,2-6,9-14H2,1H3,(H,22,25)(H,23,26). The van der Waals surface area contributed by atoms with Gasteiger partial charge in [-0.1, -0.05) is 25.1 Å². The fourth-order valence-corrected chi connectivity index (χ4v) is 3.85. The maximum atomic E-state index is 12.3. The molecule has 2 aliphatic rings. The van der Waals surface area contributed by atoms with Gasteiger partial charge in [-0.05, 0) is 48.8 Å². The van der Waals surface area contributed by atoms with E-state index in [0.717, 1.165) is 57.7 Å². The molecule has 1 aromatic rings. The van der Waals surface area contributed by atoms with Crippen LogP contribution in [0, 0.1) is 0 Å². The number of ether oxygens (including phenoxy) is 1. The van der Waals surface area contributed by atoms with Crippen LogP contribution in [0.2, 0.25) is 0 Å². The van der Waals surface area contributed by atoms with Gasteiger partial charge in [0.05, 0.1) is 19.3 Å². The van der Waals surface area contributed by atoms with Crippen LogP contribution in [0.3, 0.4) is 0 Å². The number of carbonyl (C=O) groups excluding carboxylic acids is 2. The number of nitrogens with one attached hydrogen (secondary N) is 2. The third kappa shape index (κ3) is 5.53. The molecule has 2 amide bonds. The fourth-order valence-electron chi connectivity index (χ4n) is 3.85. The molecule has 0 bridgehead atoms. The molecule has 3 rings (SSSR count). The van der Waals surface area contributed by atoms with Gasteiger partial charge in [-0.25, -0.2) is 0 Å². The number of carbonyl (C=O) groups is 2. The summed E-state index contributed by atoms with van der Waals surface area (Å²) in [5.74, 6) is -1.11. The lowest BCUT2D eigenvalue weighted by Gasteiger charge is -2.26. The number of hydrogen-bond acceptors (Lipinski definition) is 4. The van der Waals surface area contributed by atoms with Gasteiger partial charge in [-0.15, -0.1) is 0 Å². The van der Waals surface area contributed by atoms with Crippen LogP contribution < -0.4 is 10.6 Å². The molecule has 0 radical (unpaired) electrons. The summed E-state index contributed by atoms with van der Waals surface area (Å²) in [4.78, 5) is 26.7. The third-order valence-electron chi connectivity index (χ3n) is 5.51. The SMILES string of the molecule is CCC(NC(=O)C(=O)NCCN1CCOCC1)c1ccc2c(c1)CCCC2. The van der Waals surface area contributed by atoms with Crippen molar-refractivity contribution in [3.05, 3.63) is 34.9 Å². The minimum Gasteiger partial charge on any atom is -0.379 e. The second-order valence-electron chi connectivity index (χ2n) is 7.38. The Morgan fingerprint density at radius 1 is 1.11 bits per heavy atom. The molecule has 27 heavy (non-hydrogen) atoms. The Kier molecular flexibility index (Phi) is 7.24. The Labute approximate surface area is 161 Å². The Morgan fingerprint density at radius 3 is 2.59 bits per heavy atom. The Hall–Kier alpha value is -1.92. The van der Waals surface area contributed by atoms with Crippen LogP contribution in [-0.4, -0.2) is 56.1 Å². The molecule has 0 saturated carbocycles. The zero-order valence-electron chi connectivity index (χ0n) is 16.3. The minimum atomic E-state index is -0.556. The van der Waals surface area contributed by atoms with Crippen molar-refractivity contribution in [3.63, 3.8) is 0 Å². The summed E-state index contributed by atoms with van der Waals surface area (Å²) in [6.07, 6.45) is 5.49. The first kappa shape index (κ1) is 19.8. The van der Waals surface area contributed by atoms with Crippen molar-refractivity contribution in [2.24, 2.45) is 0 Å². The zero-order chi connectivity index (χ0) is 19.1. The average molecular weight is 373 g/mol. The number of aryl methyl sites for hydroxylation is 2. The fraction of sp³-hybridized carbons (Fsp3) is 0.619. The molecule has 1 atom stereocenters. The highest BCUT2D eigenvalue weighted by atomic mass is 16.5. The molecule has 1 unspecified atom stereocenters. The number of morpholine rings is 1. The molecule has 1 aliphatic carbocycles. The van der Waals surface area contributed by atoms with E-state index in [1.807, 2.05) is 6.92 Å². The van der Waals surface area contributed by atoms with Crippen molar-refractivity contribution in [3.8, 4) is 0 Å². The van der Waals surface area contributed by atoms with E-state index < -0.39 is 11.8 Å². The zero-order valence-corrected chi connectivity index (χ0v) is 16.3. The predicted molar refractivity (Wildman–Crippen MR) is 105 cm³/mol. The van der Waals surface area contributed by atoms with Crippen LogP contribution >= 0.6 is 0 Å². The molecule has 6 heteroatoms. The molecule has 1 heterocycles. The lowest BCUT2D eigenvalue weighted by molar-refractivity contribution is -0.139. The molecule has 1 fully saturated rings. The summed E-state index contributed by atoms with van der Waals surface area (Å²) in [7, 11) is 0. The molecule has 148 valence electrons. The first-order chi connectivity index (χ1) is 13.2. The molecule has 0 spiro atoms. The van der Waals surface area contributed by atoms with Crippen molar-refractivity contribution < 1.29 is 14.3 Å². The Balaban J connectivity index is 1.49. The van der Waals surface area contributed by atoms with Crippen LogP contribution in [-0.2, 0) is 27.2 Å². The monoisotopic (exact) mass is 373 g/mol. The Morgan fingerprint density at radius 2 is 1.85 bits per heavy atom. The Bertz CT molecular complexity index is 656. The van der Waals surface area contributed by atoms with Crippen LogP contribution in [0.25, 0.3) is 0 Å². The van der Waals surface area contributed by atoms with E-state index in [2.05, 4.69) is 33.7 Å². The maximum absolute atomic E-state index is 12.3. The van der Waals surface area contributed by atoms with Gasteiger partial charge in [-0.3, -0.25) is 14.5 Å². The number of benzene rings is 1. The molecular weight excluding hydrogens is 342 g/mol. The highest BCUT2D eigenvalue weighted by molar-refractivity contribution is 6.35. The highest BCUT2D eigenvalue weighted by Crippen LogP contribution is 2.26. The molecule has 1 aromatic carbocycles. The van der Waals surface area contributed by atoms with Gasteiger partial charge >= 0.3 is 11.8 Å². The molecule has 6 nitrogen and oxygen atoms in total. The molecule has 1 saturated heterocycles. The summed E-state index contributed by atoms with van der Waals surface area (Å²) in [6.45, 7) is 6.45. The van der Waals surface area contributed by atoms with Crippen LogP contribution in [0.1, 0.15) is 48.9 Å². The van der Waals surface area contributed by atoms with E-state index in [0.29, 0.717) is 6.54 Å². The van der Waals surface area contributed by atoms with E-state index in [4.69, 9.17) is 4.74 Å². The van der Waals surface area contributed by atoms with Crippen LogP contribution in [0.5, 0.6) is 0 Å². The quantitative estimate of drug-likeness (QED) is 0.743. The van der Waals surface area contributed by atoms with Gasteiger partial charge in [0.1, 0.15) is 0 Å². The number of hydrogen-bond donors (Lipinski definition) is 2. The van der Waals surface area contributed by atoms with Gasteiger partial charge in [0.2, 0.25) is 0 Å². The minimum absolute atomic E-state index is 0.130. The van der Waals surface area contributed by atoms with Crippen molar-refractivity contribution in [1.82, 2.24) is 15.5 Å². The van der Waals surface area contributed by atoms with Gasteiger partial charge in [0, 0.05) is 26.2 Å². The third-order valence-corrected chi connectivity index (χ3v) is 5.51. The van der Waals surface area contributed by atoms with E-state index in [1.165, 1.54) is 24.0 Å². The van der Waals surface area contributed by atoms with Crippen molar-refractivity contribution >= 4 is 11.8 Å². The van der Waals surface area contributed by atoms with Gasteiger partial charge in [0.25, 0.3) is 0 Å². The summed E-state index contributed by atoms with van der Waals surface area (Å²) >= 11 is 0. The summed E-state index contributed by atoms with van der Waals surface area (Å²) in [6, 6.07) is 6.35. The number of fused-ring (bicyclic) bond motifs is 1. The maximum Gasteiger partial charge on any atom is 0.309 e. The van der Waals surface area contributed by atoms with Gasteiger partial charge in [0.15, 0.2) is 0 Å². The largest absolute Gasteiger partial charge is 0.379 e. The summed E-state index contributed by atoms with van der Waals surface area (Å²) < 4.78 is 5.30. The van der Waals surface area contributed by atoms with Crippen LogP contribution in [0.4, 0.5) is 0 Å². The number of nitrogens with zero attached hydrogens (tertiary/aromatic N) is 1. The summed E-state index contributed by atoms with van der Waals surface area (Å²) in [5, 5.41) is 5.62. The van der Waals surface area contributed by atoms with E-state index in [-0.39, 0.29) is 6.04 Å². The van der Waals surface area contributed by atoms with Crippen LogP contribution in [0.15, 0.2) is 18.2 Å². The second kappa shape index (κ2) is 9.85. The lowest BCUT2D eigenvalue weighted by atomic mass is 9.89. The number of amides is 2. The first-order valence-corrected chi connectivity index (χ1v) is 10.2. The van der Waals surface area contributed by atoms with Crippen molar-refractivity contribution in [2.45, 2.75) is 45.1 Å².